The summed E-state index contributed by atoms with van der Waals surface area (Å²) in [5, 5.41) is 1.58. The minimum Gasteiger partial charge on any atom is -0.493 e. The number of rotatable bonds is 13. The van der Waals surface area contributed by atoms with Crippen molar-refractivity contribution in [1.29, 1.82) is 0 Å². The third kappa shape index (κ3) is 7.45. The molecule has 0 spiro atoms. The van der Waals surface area contributed by atoms with Crippen LogP contribution in [-0.2, 0) is 34.2 Å². The van der Waals surface area contributed by atoms with Gasteiger partial charge in [0.1, 0.15) is 5.75 Å². The summed E-state index contributed by atoms with van der Waals surface area (Å²) in [4.78, 5) is 18.9. The molecule has 0 aliphatic rings. The first kappa shape index (κ1) is 29.2. The van der Waals surface area contributed by atoms with Crippen LogP contribution in [0.15, 0.2) is 77.8 Å². The Balaban J connectivity index is 1.55. The zero-order chi connectivity index (χ0) is 28.5. The second-order valence-electron chi connectivity index (χ2n) is 9.37. The number of nitrogens with one attached hydrogen (secondary N) is 2. The molecule has 0 atom stereocenters. The monoisotopic (exact) mass is 577 g/mol. The van der Waals surface area contributed by atoms with E-state index in [-0.39, 0.29) is 23.8 Å². The van der Waals surface area contributed by atoms with Crippen molar-refractivity contribution in [2.24, 2.45) is 0 Å². The lowest BCUT2D eigenvalue weighted by Gasteiger charge is -2.24. The van der Waals surface area contributed by atoms with Gasteiger partial charge in [-0.1, -0.05) is 54.8 Å². The fourth-order valence-corrected chi connectivity index (χ4v) is 5.52. The Bertz CT molecular complexity index is 1610. The molecular weight excluding hydrogens is 546 g/mol. The number of halogens is 1. The van der Waals surface area contributed by atoms with E-state index in [0.717, 1.165) is 34.0 Å². The lowest BCUT2D eigenvalue weighted by atomic mass is 10.1. The normalized spacial score (nSPS) is 11.3. The summed E-state index contributed by atoms with van der Waals surface area (Å²) >= 11 is 6.32. The second kappa shape index (κ2) is 13.5. The van der Waals surface area contributed by atoms with Crippen LogP contribution >= 0.6 is 11.6 Å². The van der Waals surface area contributed by atoms with Crippen molar-refractivity contribution in [2.75, 3.05) is 19.7 Å². The van der Waals surface area contributed by atoms with Crippen molar-refractivity contribution in [3.05, 3.63) is 94.6 Å². The lowest BCUT2D eigenvalue weighted by molar-refractivity contribution is -0.131. The van der Waals surface area contributed by atoms with E-state index in [9.17, 15) is 13.2 Å². The molecule has 4 rings (SSSR count). The number of benzene rings is 3. The Morgan fingerprint density at radius 1 is 1.10 bits per heavy atom. The van der Waals surface area contributed by atoms with Gasteiger partial charge in [0.15, 0.2) is 0 Å². The minimum atomic E-state index is -3.67. The molecule has 0 aliphatic heterocycles. The number of nitrogens with zero attached hydrogens (tertiary/aromatic N) is 1. The molecule has 0 bridgehead atoms. The summed E-state index contributed by atoms with van der Waals surface area (Å²) in [6, 6.07) is 19.9. The standard InChI is InChI=1S/C31H32ClN3O4S/c1-3-16-34-40(37,38)27-12-9-23(10-13-27)15-17-35(22-25-19-26(32)11-14-30(25)39-18-4-2)31(36)20-24-21-33-29-8-6-5-7-28(24)29/h1,5-14,19,21,33-34H,4,15-18,20,22H2,2H3. The number of hydrogen-bond acceptors (Lipinski definition) is 4. The fraction of sp³-hybridized carbons (Fsp3) is 0.258. The van der Waals surface area contributed by atoms with E-state index >= 15 is 0 Å². The van der Waals surface area contributed by atoms with Crippen molar-refractivity contribution in [1.82, 2.24) is 14.6 Å². The van der Waals surface area contributed by atoms with E-state index in [1.807, 2.05) is 49.5 Å². The number of H-pyrrole nitrogens is 1. The van der Waals surface area contributed by atoms with Crippen LogP contribution in [0.5, 0.6) is 5.75 Å². The van der Waals surface area contributed by atoms with Gasteiger partial charge in [-0.25, -0.2) is 8.42 Å². The highest BCUT2D eigenvalue weighted by Gasteiger charge is 2.19. The Hall–Kier alpha value is -3.77. The van der Waals surface area contributed by atoms with E-state index in [4.69, 9.17) is 22.8 Å². The molecule has 7 nitrogen and oxygen atoms in total. The average molecular weight is 578 g/mol. The van der Waals surface area contributed by atoms with Gasteiger partial charge in [0, 0.05) is 40.8 Å². The van der Waals surface area contributed by atoms with Gasteiger partial charge in [0.2, 0.25) is 15.9 Å². The lowest BCUT2D eigenvalue weighted by Crippen LogP contribution is -2.34. The number of carbonyl (C=O) groups is 1. The molecule has 0 saturated heterocycles. The highest BCUT2D eigenvalue weighted by atomic mass is 35.5. The van der Waals surface area contributed by atoms with Crippen LogP contribution in [0.1, 0.15) is 30.0 Å². The van der Waals surface area contributed by atoms with Crippen LogP contribution in [0.25, 0.3) is 10.9 Å². The van der Waals surface area contributed by atoms with E-state index in [0.29, 0.717) is 36.9 Å². The van der Waals surface area contributed by atoms with Gasteiger partial charge >= 0.3 is 0 Å². The topological polar surface area (TPSA) is 91.5 Å². The smallest absolute Gasteiger partial charge is 0.241 e. The van der Waals surface area contributed by atoms with Crippen molar-refractivity contribution in [3.63, 3.8) is 0 Å². The van der Waals surface area contributed by atoms with Gasteiger partial charge in [0.25, 0.3) is 0 Å². The summed E-state index contributed by atoms with van der Waals surface area (Å²) < 4.78 is 33.0. The van der Waals surface area contributed by atoms with Crippen molar-refractivity contribution < 1.29 is 17.9 Å². The molecule has 1 aromatic heterocycles. The predicted molar refractivity (Wildman–Crippen MR) is 159 cm³/mol. The molecule has 0 saturated carbocycles. The van der Waals surface area contributed by atoms with Crippen LogP contribution in [0.2, 0.25) is 5.02 Å². The molecule has 9 heteroatoms. The molecule has 0 unspecified atom stereocenters. The second-order valence-corrected chi connectivity index (χ2v) is 11.6. The first-order chi connectivity index (χ1) is 19.3. The molecule has 0 aliphatic carbocycles. The Morgan fingerprint density at radius 3 is 2.62 bits per heavy atom. The summed E-state index contributed by atoms with van der Waals surface area (Å²) in [5.41, 5.74) is 3.63. The molecule has 0 radical (unpaired) electrons. The number of aromatic amines is 1. The van der Waals surface area contributed by atoms with Crippen LogP contribution in [0.4, 0.5) is 0 Å². The van der Waals surface area contributed by atoms with Gasteiger partial charge in [-0.05, 0) is 60.4 Å². The van der Waals surface area contributed by atoms with Crippen molar-refractivity contribution in [3.8, 4) is 18.1 Å². The highest BCUT2D eigenvalue weighted by molar-refractivity contribution is 7.89. The molecule has 1 heterocycles. The van der Waals surface area contributed by atoms with E-state index in [1.54, 1.807) is 35.2 Å². The molecular formula is C31H32ClN3O4S. The third-order valence-electron chi connectivity index (χ3n) is 6.48. The SMILES string of the molecule is C#CCNS(=O)(=O)c1ccc(CCN(Cc2cc(Cl)ccc2OCCC)C(=O)Cc2c[nH]c3ccccc23)cc1. The Labute approximate surface area is 240 Å². The number of para-hydroxylation sites is 1. The first-order valence-corrected chi connectivity index (χ1v) is 14.9. The molecule has 208 valence electrons. The number of ether oxygens (including phenoxy) is 1. The average Bonchev–Trinajstić information content (AvgIpc) is 3.36. The summed E-state index contributed by atoms with van der Waals surface area (Å²) in [6.07, 6.45) is 8.67. The maximum absolute atomic E-state index is 13.7. The number of sulfonamides is 1. The zero-order valence-electron chi connectivity index (χ0n) is 22.3. The molecule has 4 aromatic rings. The number of carbonyl (C=O) groups excluding carboxylic acids is 1. The Morgan fingerprint density at radius 2 is 1.88 bits per heavy atom. The Kier molecular flexibility index (Phi) is 9.88. The molecule has 0 fully saturated rings. The summed E-state index contributed by atoms with van der Waals surface area (Å²) in [5.74, 6) is 2.93. The zero-order valence-corrected chi connectivity index (χ0v) is 23.9. The van der Waals surface area contributed by atoms with Crippen molar-refractivity contribution in [2.45, 2.75) is 37.6 Å². The van der Waals surface area contributed by atoms with E-state index in [2.05, 4.69) is 15.6 Å². The fourth-order valence-electron chi connectivity index (χ4n) is 4.39. The quantitative estimate of drug-likeness (QED) is 0.210. The maximum atomic E-state index is 13.7. The van der Waals surface area contributed by atoms with Gasteiger partial charge < -0.3 is 14.6 Å². The van der Waals surface area contributed by atoms with E-state index < -0.39 is 10.0 Å². The minimum absolute atomic E-state index is 0.0381. The maximum Gasteiger partial charge on any atom is 0.241 e. The number of amides is 1. The number of aromatic nitrogens is 1. The van der Waals surface area contributed by atoms with Crippen LogP contribution < -0.4 is 9.46 Å². The van der Waals surface area contributed by atoms with Gasteiger partial charge in [-0.2, -0.15) is 4.72 Å². The predicted octanol–water partition coefficient (Wildman–Crippen LogP) is 5.34. The van der Waals surface area contributed by atoms with Crippen LogP contribution in [0.3, 0.4) is 0 Å². The van der Waals surface area contributed by atoms with Crippen LogP contribution in [-0.4, -0.2) is 43.9 Å². The summed E-state index contributed by atoms with van der Waals surface area (Å²) in [7, 11) is -3.67. The largest absolute Gasteiger partial charge is 0.493 e. The first-order valence-electron chi connectivity index (χ1n) is 13.1. The highest BCUT2D eigenvalue weighted by Crippen LogP contribution is 2.26. The molecule has 1 amide bonds. The number of hydrogen-bond donors (Lipinski definition) is 2. The number of fused-ring (bicyclic) bond motifs is 1. The number of terminal acetylenes is 1. The van der Waals surface area contributed by atoms with Crippen molar-refractivity contribution >= 4 is 38.4 Å². The molecule has 2 N–H and O–H groups in total. The van der Waals surface area contributed by atoms with E-state index in [1.165, 1.54) is 0 Å². The van der Waals surface area contributed by atoms with Gasteiger partial charge in [-0.15, -0.1) is 6.42 Å². The molecule has 3 aromatic carbocycles. The third-order valence-corrected chi connectivity index (χ3v) is 8.14. The summed E-state index contributed by atoms with van der Waals surface area (Å²) in [6.45, 7) is 3.26. The molecule has 40 heavy (non-hydrogen) atoms. The van der Waals surface area contributed by atoms with Gasteiger partial charge in [-0.3, -0.25) is 4.79 Å². The van der Waals surface area contributed by atoms with Gasteiger partial charge in [0.05, 0.1) is 24.5 Å². The van der Waals surface area contributed by atoms with Crippen LogP contribution in [0, 0.1) is 12.3 Å².